The fourth-order valence-corrected chi connectivity index (χ4v) is 1.48. The zero-order valence-corrected chi connectivity index (χ0v) is 13.1. The average Bonchev–Trinajstić information content (AvgIpc) is 2.41. The summed E-state index contributed by atoms with van der Waals surface area (Å²) in [6.07, 6.45) is 2.96. The minimum absolute atomic E-state index is 0.221. The molecule has 0 heterocycles. The van der Waals surface area contributed by atoms with Gasteiger partial charge in [0.05, 0.1) is 0 Å². The molecule has 0 bridgehead atoms. The van der Waals surface area contributed by atoms with Crippen LogP contribution in [0.15, 0.2) is 36.1 Å². The number of hydrogen-bond acceptors (Lipinski definition) is 2. The highest BCUT2D eigenvalue weighted by atomic mass is 16.5. The lowest BCUT2D eigenvalue weighted by Gasteiger charge is -2.14. The van der Waals surface area contributed by atoms with Gasteiger partial charge in [-0.25, -0.2) is 0 Å². The van der Waals surface area contributed by atoms with Gasteiger partial charge in [0.1, 0.15) is 5.76 Å². The van der Waals surface area contributed by atoms with E-state index in [1.54, 1.807) is 0 Å². The first-order valence-corrected chi connectivity index (χ1v) is 7.08. The summed E-state index contributed by atoms with van der Waals surface area (Å²) in [6.45, 7) is 12.2. The van der Waals surface area contributed by atoms with Gasteiger partial charge < -0.3 is 4.74 Å². The molecule has 0 aromatic heterocycles. The van der Waals surface area contributed by atoms with Crippen LogP contribution in [0.4, 0.5) is 0 Å². The molecule has 1 rings (SSSR count). The van der Waals surface area contributed by atoms with Crippen molar-refractivity contribution in [3.8, 4) is 0 Å². The summed E-state index contributed by atoms with van der Waals surface area (Å²) >= 11 is 0. The normalized spacial score (nSPS) is 10.8. The topological polar surface area (TPSA) is 33.1 Å². The van der Waals surface area contributed by atoms with Crippen LogP contribution in [0.5, 0.6) is 0 Å². The smallest absolute Gasteiger partial charge is 0.218 e. The molecule has 0 aliphatic carbocycles. The summed E-state index contributed by atoms with van der Waals surface area (Å²) in [5, 5.41) is 7.94. The summed E-state index contributed by atoms with van der Waals surface area (Å²) in [6, 6.07) is 7.82. The molecule has 2 heteroatoms. The molecule has 0 unspecified atom stereocenters. The fraction of sp³-hybridized carbons (Fsp3) is 0.471. The maximum absolute atomic E-state index is 7.94. The molecule has 0 atom stereocenters. The summed E-state index contributed by atoms with van der Waals surface area (Å²) in [5.41, 5.74) is 2.01. The maximum Gasteiger partial charge on any atom is 0.218 e. The first-order valence-electron chi connectivity index (χ1n) is 7.08. The Morgan fingerprint density at radius 3 is 2.16 bits per heavy atom. The number of nitrogens with one attached hydrogen (secondary N) is 1. The lowest BCUT2D eigenvalue weighted by molar-refractivity contribution is 0.354. The molecule has 106 valence electrons. The van der Waals surface area contributed by atoms with E-state index in [4.69, 9.17) is 10.1 Å². The second-order valence-electron chi connectivity index (χ2n) is 4.47. The highest BCUT2D eigenvalue weighted by molar-refractivity contribution is 5.92. The lowest BCUT2D eigenvalue weighted by Crippen LogP contribution is -2.08. The van der Waals surface area contributed by atoms with E-state index < -0.39 is 0 Å². The molecule has 0 spiro atoms. The Morgan fingerprint density at radius 2 is 1.74 bits per heavy atom. The second kappa shape index (κ2) is 9.37. The van der Waals surface area contributed by atoms with Crippen LogP contribution in [0.25, 0.3) is 0 Å². The molecular weight excluding hydrogens is 234 g/mol. The van der Waals surface area contributed by atoms with Gasteiger partial charge in [-0.2, -0.15) is 0 Å². The molecule has 2 nitrogen and oxygen atoms in total. The molecule has 1 aromatic rings. The number of aryl methyl sites for hydroxylation is 1. The molecule has 0 aliphatic heterocycles. The van der Waals surface area contributed by atoms with Gasteiger partial charge in [0.15, 0.2) is 0 Å². The van der Waals surface area contributed by atoms with Crippen molar-refractivity contribution in [2.24, 2.45) is 5.92 Å². The van der Waals surface area contributed by atoms with Gasteiger partial charge in [0.25, 0.3) is 0 Å². The van der Waals surface area contributed by atoms with E-state index in [9.17, 15) is 0 Å². The largest absolute Gasteiger partial charge is 0.443 e. The molecule has 0 fully saturated rings. The van der Waals surface area contributed by atoms with E-state index in [0.29, 0.717) is 5.92 Å². The van der Waals surface area contributed by atoms with Crippen LogP contribution >= 0.6 is 0 Å². The molecule has 1 N–H and O–H groups in total. The molecule has 1 aromatic carbocycles. The molecule has 0 saturated carbocycles. The van der Waals surface area contributed by atoms with Crippen LogP contribution < -0.4 is 0 Å². The Kier molecular flexibility index (Phi) is 8.60. The summed E-state index contributed by atoms with van der Waals surface area (Å²) in [7, 11) is 0. The Morgan fingerprint density at radius 1 is 1.21 bits per heavy atom. The van der Waals surface area contributed by atoms with Crippen molar-refractivity contribution in [1.29, 1.82) is 5.41 Å². The predicted molar refractivity (Wildman–Crippen MR) is 83.7 cm³/mol. The molecule has 0 aliphatic rings. The number of ether oxygens (including phenoxy) is 1. The third kappa shape index (κ3) is 6.23. The Balaban J connectivity index is 0.00000154. The number of rotatable bonds is 4. The molecular formula is C17H27NO. The van der Waals surface area contributed by atoms with Gasteiger partial charge in [-0.1, -0.05) is 52.3 Å². The minimum atomic E-state index is 0.221. The van der Waals surface area contributed by atoms with Crippen LogP contribution in [0.1, 0.15) is 52.2 Å². The van der Waals surface area contributed by atoms with E-state index in [-0.39, 0.29) is 5.90 Å². The highest BCUT2D eigenvalue weighted by Crippen LogP contribution is 2.15. The van der Waals surface area contributed by atoms with Gasteiger partial charge in [-0.05, 0) is 31.6 Å². The quantitative estimate of drug-likeness (QED) is 0.444. The van der Waals surface area contributed by atoms with E-state index in [1.165, 1.54) is 5.56 Å². The predicted octanol–water partition coefficient (Wildman–Crippen LogP) is 5.31. The van der Waals surface area contributed by atoms with Crippen LogP contribution in [0, 0.1) is 18.3 Å². The summed E-state index contributed by atoms with van der Waals surface area (Å²) in [4.78, 5) is 0. The van der Waals surface area contributed by atoms with Crippen molar-refractivity contribution in [2.45, 2.75) is 48.0 Å². The van der Waals surface area contributed by atoms with Crippen molar-refractivity contribution in [2.75, 3.05) is 0 Å². The van der Waals surface area contributed by atoms with Gasteiger partial charge in [0.2, 0.25) is 5.90 Å². The van der Waals surface area contributed by atoms with Crippen molar-refractivity contribution in [3.63, 3.8) is 0 Å². The van der Waals surface area contributed by atoms with Gasteiger partial charge in [0, 0.05) is 11.5 Å². The summed E-state index contributed by atoms with van der Waals surface area (Å²) in [5.74, 6) is 1.40. The molecule has 0 radical (unpaired) electrons. The van der Waals surface area contributed by atoms with Crippen LogP contribution in [0.2, 0.25) is 0 Å². The lowest BCUT2D eigenvalue weighted by atomic mass is 10.1. The van der Waals surface area contributed by atoms with Crippen LogP contribution in [-0.4, -0.2) is 5.90 Å². The minimum Gasteiger partial charge on any atom is -0.443 e. The molecule has 0 amide bonds. The van der Waals surface area contributed by atoms with Gasteiger partial charge >= 0.3 is 0 Å². The zero-order chi connectivity index (χ0) is 14.8. The Hall–Kier alpha value is -1.57. The van der Waals surface area contributed by atoms with Crippen LogP contribution in [0.3, 0.4) is 0 Å². The highest BCUT2D eigenvalue weighted by Gasteiger charge is 2.09. The Labute approximate surface area is 118 Å². The molecule has 0 saturated heterocycles. The number of allylic oxidation sites excluding steroid dienone is 2. The maximum atomic E-state index is 7.94. The van der Waals surface area contributed by atoms with Crippen molar-refractivity contribution >= 4 is 5.90 Å². The van der Waals surface area contributed by atoms with Crippen molar-refractivity contribution in [3.05, 3.63) is 47.2 Å². The van der Waals surface area contributed by atoms with E-state index in [2.05, 4.69) is 20.8 Å². The van der Waals surface area contributed by atoms with Crippen LogP contribution in [-0.2, 0) is 4.74 Å². The number of hydrogen-bond donors (Lipinski definition) is 1. The fourth-order valence-electron chi connectivity index (χ4n) is 1.48. The number of benzene rings is 1. The van der Waals surface area contributed by atoms with Crippen molar-refractivity contribution in [1.82, 2.24) is 0 Å². The van der Waals surface area contributed by atoms with Crippen molar-refractivity contribution < 1.29 is 4.74 Å². The average molecular weight is 261 g/mol. The standard InChI is InChI=1S/C15H21NO.C2H6/c1-5-6-14(11(2)3)17-15(16)13-9-7-12(4)8-10-13;1-2/h6-11,16H,5H2,1-4H3;1-2H3/b14-6+,16-15?;. The zero-order valence-electron chi connectivity index (χ0n) is 13.1. The monoisotopic (exact) mass is 261 g/mol. The van der Waals surface area contributed by atoms with Gasteiger partial charge in [-0.3, -0.25) is 5.41 Å². The molecule has 19 heavy (non-hydrogen) atoms. The van der Waals surface area contributed by atoms with E-state index in [0.717, 1.165) is 17.7 Å². The SMILES string of the molecule is CC.CC/C=C(/OC(=N)c1ccc(C)cc1)C(C)C. The van der Waals surface area contributed by atoms with E-state index >= 15 is 0 Å². The second-order valence-corrected chi connectivity index (χ2v) is 4.47. The third-order valence-corrected chi connectivity index (χ3v) is 2.51. The first kappa shape index (κ1) is 17.4. The Bertz CT molecular complexity index is 402. The van der Waals surface area contributed by atoms with E-state index in [1.807, 2.05) is 51.1 Å². The third-order valence-electron chi connectivity index (χ3n) is 2.51. The summed E-state index contributed by atoms with van der Waals surface area (Å²) < 4.78 is 5.62. The van der Waals surface area contributed by atoms with Gasteiger partial charge in [-0.15, -0.1) is 0 Å². The first-order chi connectivity index (χ1) is 9.04.